The molecule has 0 aliphatic rings. The third-order valence-electron chi connectivity index (χ3n) is 12.1. The Morgan fingerprint density at radius 1 is 0.562 bits per heavy atom. The number of ether oxygens (including phenoxy) is 4. The molecule has 20 nitrogen and oxygen atoms in total. The number of aliphatic carboxylic acids is 2. The van der Waals surface area contributed by atoms with Crippen LogP contribution in [0.2, 0.25) is 0 Å². The molecule has 2 aromatic carbocycles. The number of rotatable bonds is 29. The minimum absolute atomic E-state index is 0.0289. The minimum Gasteiger partial charge on any atom is -0.496 e. The summed E-state index contributed by atoms with van der Waals surface area (Å²) in [6.45, 7) is 16.7. The number of carboxylic acid groups (broad SMARTS) is 2. The molecule has 4 aromatic rings. The second kappa shape index (κ2) is 30.0. The molecule has 0 aliphatic carbocycles. The van der Waals surface area contributed by atoms with Gasteiger partial charge >= 0.3 is 11.9 Å². The summed E-state index contributed by atoms with van der Waals surface area (Å²) in [5, 5.41) is 37.4. The Labute approximate surface area is 429 Å². The molecule has 73 heavy (non-hydrogen) atoms. The third-order valence-corrected chi connectivity index (χ3v) is 12.1. The van der Waals surface area contributed by atoms with E-state index < -0.39 is 60.7 Å². The molecule has 4 rings (SSSR count). The van der Waals surface area contributed by atoms with Crippen LogP contribution in [0.3, 0.4) is 0 Å². The number of hydrogen-bond donors (Lipinski definition) is 6. The fourth-order valence-corrected chi connectivity index (χ4v) is 8.14. The van der Waals surface area contributed by atoms with Crippen LogP contribution in [0.5, 0.6) is 23.0 Å². The number of carbonyl (C=O) groups is 6. The number of nitrogens with one attached hydrogen (secondary N) is 4. The van der Waals surface area contributed by atoms with E-state index >= 15 is 0 Å². The Hall–Kier alpha value is -7.12. The first-order chi connectivity index (χ1) is 34.7. The summed E-state index contributed by atoms with van der Waals surface area (Å²) < 4.78 is 26.0. The van der Waals surface area contributed by atoms with Crippen molar-refractivity contribution < 1.29 is 57.9 Å². The number of methoxy groups -OCH3 is 4. The van der Waals surface area contributed by atoms with E-state index in [9.17, 15) is 28.8 Å². The van der Waals surface area contributed by atoms with Gasteiger partial charge in [0.1, 0.15) is 36.1 Å². The molecule has 2 heterocycles. The number of nitrogens with zero attached hydrogens (tertiary/aromatic N) is 4. The predicted octanol–water partition coefficient (Wildman–Crippen LogP) is 7.09. The molecule has 2 aromatic heterocycles. The van der Waals surface area contributed by atoms with E-state index in [2.05, 4.69) is 59.2 Å². The van der Waals surface area contributed by atoms with Crippen LogP contribution in [0.4, 0.5) is 0 Å². The molecule has 0 bridgehead atoms. The number of amides is 4. The van der Waals surface area contributed by atoms with E-state index in [1.807, 2.05) is 68.8 Å². The molecule has 0 aliphatic heterocycles. The Bertz CT molecular complexity index is 2400. The maximum absolute atomic E-state index is 13.3. The fraction of sp³-hybridized carbons (Fsp3) is 0.547. The molecule has 0 fully saturated rings. The van der Waals surface area contributed by atoms with Gasteiger partial charge in [-0.05, 0) is 72.9 Å². The molecule has 6 N–H and O–H groups in total. The lowest BCUT2D eigenvalue weighted by molar-refractivity contribution is -0.138. The van der Waals surface area contributed by atoms with Gasteiger partial charge in [-0.3, -0.25) is 38.1 Å². The van der Waals surface area contributed by atoms with Gasteiger partial charge in [-0.25, -0.2) is 0 Å². The van der Waals surface area contributed by atoms with Crippen LogP contribution in [0.15, 0.2) is 48.5 Å². The van der Waals surface area contributed by atoms with Crippen LogP contribution in [0.25, 0.3) is 22.5 Å². The Balaban J connectivity index is 0.000000385. The van der Waals surface area contributed by atoms with E-state index in [1.165, 1.54) is 0 Å². The largest absolute Gasteiger partial charge is 0.496 e. The van der Waals surface area contributed by atoms with Crippen molar-refractivity contribution in [3.63, 3.8) is 0 Å². The van der Waals surface area contributed by atoms with Gasteiger partial charge < -0.3 is 50.4 Å². The lowest BCUT2D eigenvalue weighted by Crippen LogP contribution is -2.41. The average molecular weight is 1020 g/mol. The standard InChI is InChI=1S/C27H40N4O6.C26H38N4O6/c1-7-18(8-2)16-31-21(26-22(36-5)10-9-11-23(26)37-6)14-20(30-31)27(35)29-19(12-17(3)4)13-24(32)28-15-25(33)34;1-7-17(4)15-30-20(25-21(35-5)9-8-10-22(25)36-6)13-19(29-30)26(34)28-18(11-16(2)3)12-23(31)27-14-24(32)33/h9-11,14,17-19H,7-8,12-13,15-16H2,1-6H3,(H,28,32)(H,29,35)(H,33,34);8-10,13,16-18H,7,11-12,14-15H2,1-6H3,(H,27,31)(H,28,34)(H,32,33)/t19-;17?,18-/m00/s1. The Morgan fingerprint density at radius 2 is 0.918 bits per heavy atom. The first-order valence-corrected chi connectivity index (χ1v) is 24.9. The summed E-state index contributed by atoms with van der Waals surface area (Å²) in [5.41, 5.74) is 3.22. The lowest BCUT2D eigenvalue weighted by Gasteiger charge is -2.19. The van der Waals surface area contributed by atoms with E-state index in [0.717, 1.165) is 19.3 Å². The van der Waals surface area contributed by atoms with Gasteiger partial charge in [0.05, 0.1) is 51.0 Å². The van der Waals surface area contributed by atoms with Crippen LogP contribution in [-0.2, 0) is 32.3 Å². The third kappa shape index (κ3) is 18.8. The van der Waals surface area contributed by atoms with E-state index in [-0.39, 0.29) is 36.1 Å². The first kappa shape index (κ1) is 60.2. The van der Waals surface area contributed by atoms with Crippen molar-refractivity contribution in [1.82, 2.24) is 40.8 Å². The SMILES string of the molecule is CCC(C)Cn1nc(C(=O)N[C@H](CC(=O)NCC(=O)O)CC(C)C)cc1-c1c(OC)cccc1OC.CCC(CC)Cn1nc(C(=O)N[C@H](CC(=O)NCC(=O)O)CC(C)C)cc1-c1c(OC)cccc1OC. The number of aromatic nitrogens is 4. The topological polar surface area (TPSA) is 264 Å². The summed E-state index contributed by atoms with van der Waals surface area (Å²) in [6.07, 6.45) is 3.90. The Morgan fingerprint density at radius 3 is 1.22 bits per heavy atom. The van der Waals surface area contributed by atoms with E-state index in [0.29, 0.717) is 83.3 Å². The van der Waals surface area contributed by atoms with Crippen molar-refractivity contribution >= 4 is 35.6 Å². The van der Waals surface area contributed by atoms with Crippen LogP contribution in [0, 0.1) is 23.7 Å². The lowest BCUT2D eigenvalue weighted by atomic mass is 10.0. The zero-order chi connectivity index (χ0) is 54.4. The normalized spacial score (nSPS) is 12.3. The number of carboxylic acids is 2. The van der Waals surface area contributed by atoms with Gasteiger partial charge in [0, 0.05) is 38.0 Å². The maximum atomic E-state index is 13.3. The molecular weight excluding hydrogens is 941 g/mol. The second-order valence-electron chi connectivity index (χ2n) is 18.8. The van der Waals surface area contributed by atoms with Gasteiger partial charge in [-0.1, -0.05) is 86.8 Å². The molecular formula is C53H78N8O12. The summed E-state index contributed by atoms with van der Waals surface area (Å²) in [7, 11) is 6.32. The van der Waals surface area contributed by atoms with Crippen molar-refractivity contribution in [2.75, 3.05) is 41.5 Å². The zero-order valence-corrected chi connectivity index (χ0v) is 44.6. The van der Waals surface area contributed by atoms with Crippen LogP contribution in [-0.4, -0.2) is 119 Å². The smallest absolute Gasteiger partial charge is 0.322 e. The quantitative estimate of drug-likeness (QED) is 0.0317. The van der Waals surface area contributed by atoms with Gasteiger partial charge in [0.25, 0.3) is 11.8 Å². The monoisotopic (exact) mass is 1020 g/mol. The number of carbonyl (C=O) groups excluding carboxylic acids is 4. The molecule has 20 heteroatoms. The van der Waals surface area contributed by atoms with Crippen molar-refractivity contribution in [2.24, 2.45) is 23.7 Å². The molecule has 0 radical (unpaired) electrons. The number of hydrogen-bond acceptors (Lipinski definition) is 12. The van der Waals surface area contributed by atoms with Gasteiger partial charge in [0.15, 0.2) is 11.4 Å². The molecule has 402 valence electrons. The molecule has 4 amide bonds. The highest BCUT2D eigenvalue weighted by Gasteiger charge is 2.27. The van der Waals surface area contributed by atoms with Crippen LogP contribution >= 0.6 is 0 Å². The maximum Gasteiger partial charge on any atom is 0.322 e. The van der Waals surface area contributed by atoms with Crippen molar-refractivity contribution in [3.8, 4) is 45.5 Å². The van der Waals surface area contributed by atoms with Gasteiger partial charge in [-0.15, -0.1) is 0 Å². The predicted molar refractivity (Wildman–Crippen MR) is 277 cm³/mol. The summed E-state index contributed by atoms with van der Waals surface area (Å²) >= 11 is 0. The fourth-order valence-electron chi connectivity index (χ4n) is 8.14. The van der Waals surface area contributed by atoms with Crippen molar-refractivity contribution in [2.45, 2.75) is 126 Å². The highest BCUT2D eigenvalue weighted by Crippen LogP contribution is 2.40. The van der Waals surface area contributed by atoms with Gasteiger partial charge in [0.2, 0.25) is 11.8 Å². The summed E-state index contributed by atoms with van der Waals surface area (Å²) in [5.74, 6) is -0.463. The van der Waals surface area contributed by atoms with Crippen molar-refractivity contribution in [3.05, 3.63) is 59.9 Å². The molecule has 0 saturated heterocycles. The highest BCUT2D eigenvalue weighted by molar-refractivity contribution is 5.95. The molecule has 0 spiro atoms. The molecule has 0 saturated carbocycles. The average Bonchev–Trinajstić information content (AvgIpc) is 3.97. The van der Waals surface area contributed by atoms with Crippen LogP contribution < -0.4 is 40.2 Å². The zero-order valence-electron chi connectivity index (χ0n) is 44.6. The number of benzene rings is 2. The highest BCUT2D eigenvalue weighted by atomic mass is 16.5. The first-order valence-electron chi connectivity index (χ1n) is 24.9. The van der Waals surface area contributed by atoms with E-state index in [1.54, 1.807) is 45.3 Å². The second-order valence-corrected chi connectivity index (χ2v) is 18.8. The molecule has 1 unspecified atom stereocenters. The Kier molecular flexibility index (Phi) is 24.8. The van der Waals surface area contributed by atoms with Crippen LogP contribution in [0.1, 0.15) is 121 Å². The van der Waals surface area contributed by atoms with Gasteiger partial charge in [-0.2, -0.15) is 10.2 Å². The van der Waals surface area contributed by atoms with Crippen molar-refractivity contribution in [1.29, 1.82) is 0 Å². The summed E-state index contributed by atoms with van der Waals surface area (Å²) in [6, 6.07) is 13.5. The van der Waals surface area contributed by atoms with E-state index in [4.69, 9.17) is 29.2 Å². The summed E-state index contributed by atoms with van der Waals surface area (Å²) in [4.78, 5) is 72.6. The molecule has 3 atom stereocenters. The minimum atomic E-state index is -1.13.